The normalized spacial score (nSPS) is 21.6. The summed E-state index contributed by atoms with van der Waals surface area (Å²) in [5.74, 6) is 2.41. The van der Waals surface area contributed by atoms with E-state index in [0.717, 1.165) is 32.1 Å². The summed E-state index contributed by atoms with van der Waals surface area (Å²) in [5.41, 5.74) is 0.142. The number of nitrogens with one attached hydrogen (secondary N) is 2. The van der Waals surface area contributed by atoms with Gasteiger partial charge in [0.2, 0.25) is 5.89 Å². The highest BCUT2D eigenvalue weighted by molar-refractivity contribution is 14.0. The molecule has 2 atom stereocenters. The Bertz CT molecular complexity index is 541. The van der Waals surface area contributed by atoms with Crippen LogP contribution in [0.1, 0.15) is 52.3 Å². The van der Waals surface area contributed by atoms with E-state index in [-0.39, 0.29) is 35.5 Å². The summed E-state index contributed by atoms with van der Waals surface area (Å²) in [4.78, 5) is 8.70. The fourth-order valence-corrected chi connectivity index (χ4v) is 3.13. The Kier molecular flexibility index (Phi) is 9.12. The SMILES string of the molecule is CCNC(=NCc1nc(C)no1)NCC1CCCOC1C(C)(C)C.I. The minimum Gasteiger partial charge on any atom is -0.377 e. The van der Waals surface area contributed by atoms with Crippen LogP contribution in [-0.2, 0) is 11.3 Å². The van der Waals surface area contributed by atoms with Gasteiger partial charge in [0.15, 0.2) is 11.8 Å². The van der Waals surface area contributed by atoms with Gasteiger partial charge in [0.1, 0.15) is 6.54 Å². The summed E-state index contributed by atoms with van der Waals surface area (Å²) in [6.45, 7) is 13.5. The first-order valence-electron chi connectivity index (χ1n) is 8.83. The number of nitrogens with zero attached hydrogens (tertiary/aromatic N) is 3. The van der Waals surface area contributed by atoms with Crippen LogP contribution in [0.15, 0.2) is 9.52 Å². The second kappa shape index (κ2) is 10.3. The molecule has 2 rings (SSSR count). The molecule has 0 amide bonds. The van der Waals surface area contributed by atoms with Crippen LogP contribution in [0.25, 0.3) is 0 Å². The molecule has 2 heterocycles. The number of aromatic nitrogens is 2. The quantitative estimate of drug-likeness (QED) is 0.395. The van der Waals surface area contributed by atoms with Crippen LogP contribution in [0.4, 0.5) is 0 Å². The number of aliphatic imine (C=N–C) groups is 1. The number of halogens is 1. The highest BCUT2D eigenvalue weighted by Gasteiger charge is 2.35. The molecule has 7 nitrogen and oxygen atoms in total. The number of ether oxygens (including phenoxy) is 1. The van der Waals surface area contributed by atoms with E-state index in [1.165, 1.54) is 6.42 Å². The van der Waals surface area contributed by atoms with Crippen LogP contribution in [0, 0.1) is 18.3 Å². The van der Waals surface area contributed by atoms with Crippen LogP contribution in [0.5, 0.6) is 0 Å². The van der Waals surface area contributed by atoms with E-state index in [0.29, 0.717) is 24.2 Å². The fraction of sp³-hybridized carbons (Fsp3) is 0.824. The topological polar surface area (TPSA) is 84.6 Å². The van der Waals surface area contributed by atoms with Crippen LogP contribution < -0.4 is 10.6 Å². The molecule has 1 fully saturated rings. The summed E-state index contributed by atoms with van der Waals surface area (Å²) in [6, 6.07) is 0. The first-order valence-corrected chi connectivity index (χ1v) is 8.83. The smallest absolute Gasteiger partial charge is 0.248 e. The highest BCUT2D eigenvalue weighted by atomic mass is 127. The van der Waals surface area contributed by atoms with E-state index in [4.69, 9.17) is 9.26 Å². The molecule has 0 radical (unpaired) electrons. The molecule has 2 N–H and O–H groups in total. The van der Waals surface area contributed by atoms with Gasteiger partial charge < -0.3 is 19.9 Å². The Morgan fingerprint density at radius 2 is 2.08 bits per heavy atom. The highest BCUT2D eigenvalue weighted by Crippen LogP contribution is 2.33. The van der Waals surface area contributed by atoms with Crippen LogP contribution in [0.3, 0.4) is 0 Å². The standard InChI is InChI=1S/C17H31N5O2.HI/c1-6-18-16(20-11-14-21-12(2)22-24-14)19-10-13-8-7-9-23-15(13)17(3,4)5;/h13,15H,6-11H2,1-5H3,(H2,18,19,20);1H. The van der Waals surface area contributed by atoms with Crippen molar-refractivity contribution < 1.29 is 9.26 Å². The van der Waals surface area contributed by atoms with E-state index in [2.05, 4.69) is 53.5 Å². The number of hydrogen-bond acceptors (Lipinski definition) is 5. The molecule has 0 spiro atoms. The molecule has 0 saturated carbocycles. The van der Waals surface area contributed by atoms with E-state index < -0.39 is 0 Å². The minimum absolute atomic E-state index is 0. The van der Waals surface area contributed by atoms with Crippen LogP contribution in [-0.4, -0.2) is 41.9 Å². The zero-order valence-electron chi connectivity index (χ0n) is 16.0. The van der Waals surface area contributed by atoms with E-state index in [1.54, 1.807) is 6.92 Å². The Balaban J connectivity index is 0.00000312. The van der Waals surface area contributed by atoms with Gasteiger partial charge in [-0.25, -0.2) is 4.99 Å². The minimum atomic E-state index is 0. The lowest BCUT2D eigenvalue weighted by atomic mass is 9.78. The lowest BCUT2D eigenvalue weighted by molar-refractivity contribution is -0.0835. The lowest BCUT2D eigenvalue weighted by Crippen LogP contribution is -2.47. The van der Waals surface area contributed by atoms with Crippen molar-refractivity contribution in [3.63, 3.8) is 0 Å². The van der Waals surface area contributed by atoms with E-state index >= 15 is 0 Å². The zero-order valence-corrected chi connectivity index (χ0v) is 18.3. The van der Waals surface area contributed by atoms with Crippen LogP contribution in [0.2, 0.25) is 0 Å². The van der Waals surface area contributed by atoms with Gasteiger partial charge in [-0.3, -0.25) is 0 Å². The molecule has 1 aliphatic heterocycles. The van der Waals surface area contributed by atoms with Crippen molar-refractivity contribution in [2.45, 2.75) is 60.1 Å². The first-order chi connectivity index (χ1) is 11.4. The Morgan fingerprint density at radius 1 is 1.32 bits per heavy atom. The maximum atomic E-state index is 6.05. The maximum absolute atomic E-state index is 6.05. The van der Waals surface area contributed by atoms with Gasteiger partial charge in [-0.1, -0.05) is 25.9 Å². The number of aryl methyl sites for hydroxylation is 1. The first kappa shape index (κ1) is 22.1. The van der Waals surface area contributed by atoms with Crippen molar-refractivity contribution in [3.05, 3.63) is 11.7 Å². The van der Waals surface area contributed by atoms with Crippen molar-refractivity contribution >= 4 is 29.9 Å². The molecular formula is C17H32IN5O2. The van der Waals surface area contributed by atoms with Crippen molar-refractivity contribution in [3.8, 4) is 0 Å². The summed E-state index contributed by atoms with van der Waals surface area (Å²) in [6.07, 6.45) is 2.56. The van der Waals surface area contributed by atoms with Crippen molar-refractivity contribution in [2.75, 3.05) is 19.7 Å². The number of guanidine groups is 1. The third-order valence-electron chi connectivity index (χ3n) is 4.12. The largest absolute Gasteiger partial charge is 0.377 e. The predicted octanol–water partition coefficient (Wildman–Crippen LogP) is 2.89. The Hall–Kier alpha value is -0.900. The lowest BCUT2D eigenvalue weighted by Gasteiger charge is -2.40. The molecule has 1 aromatic rings. The third kappa shape index (κ3) is 7.08. The number of rotatable bonds is 5. The van der Waals surface area contributed by atoms with Gasteiger partial charge in [0.05, 0.1) is 6.10 Å². The average molecular weight is 465 g/mol. The number of hydrogen-bond donors (Lipinski definition) is 2. The zero-order chi connectivity index (χ0) is 17.6. The molecule has 0 aromatic carbocycles. The van der Waals surface area contributed by atoms with Gasteiger partial charge in [-0.15, -0.1) is 24.0 Å². The predicted molar refractivity (Wildman–Crippen MR) is 109 cm³/mol. The Morgan fingerprint density at radius 3 is 2.68 bits per heavy atom. The summed E-state index contributed by atoms with van der Waals surface area (Å²) in [5, 5.41) is 10.5. The molecule has 1 aromatic heterocycles. The van der Waals surface area contributed by atoms with Gasteiger partial charge >= 0.3 is 0 Å². The summed E-state index contributed by atoms with van der Waals surface area (Å²) >= 11 is 0. The summed E-state index contributed by atoms with van der Waals surface area (Å²) in [7, 11) is 0. The molecule has 0 bridgehead atoms. The third-order valence-corrected chi connectivity index (χ3v) is 4.12. The van der Waals surface area contributed by atoms with Gasteiger partial charge in [-0.2, -0.15) is 4.98 Å². The molecule has 144 valence electrons. The monoisotopic (exact) mass is 465 g/mol. The van der Waals surface area contributed by atoms with Crippen molar-refractivity contribution in [1.29, 1.82) is 0 Å². The van der Waals surface area contributed by atoms with Crippen LogP contribution >= 0.6 is 24.0 Å². The van der Waals surface area contributed by atoms with E-state index in [1.807, 2.05) is 0 Å². The second-order valence-electron chi connectivity index (χ2n) is 7.37. The fourth-order valence-electron chi connectivity index (χ4n) is 3.13. The molecule has 8 heteroatoms. The summed E-state index contributed by atoms with van der Waals surface area (Å²) < 4.78 is 11.2. The molecule has 1 saturated heterocycles. The Labute approximate surface area is 167 Å². The van der Waals surface area contributed by atoms with Gasteiger partial charge in [0, 0.05) is 25.6 Å². The van der Waals surface area contributed by atoms with Crippen molar-refractivity contribution in [1.82, 2.24) is 20.8 Å². The second-order valence-corrected chi connectivity index (χ2v) is 7.37. The van der Waals surface area contributed by atoms with E-state index in [9.17, 15) is 0 Å². The maximum Gasteiger partial charge on any atom is 0.248 e. The molecule has 0 aliphatic carbocycles. The molecule has 1 aliphatic rings. The molecule has 25 heavy (non-hydrogen) atoms. The average Bonchev–Trinajstić information content (AvgIpc) is 2.95. The van der Waals surface area contributed by atoms with Crippen molar-refractivity contribution in [2.24, 2.45) is 16.3 Å². The molecular weight excluding hydrogens is 433 g/mol. The van der Waals surface area contributed by atoms with Gasteiger partial charge in [-0.05, 0) is 32.1 Å². The molecule has 2 unspecified atom stereocenters. The van der Waals surface area contributed by atoms with Gasteiger partial charge in [0.25, 0.3) is 0 Å².